The van der Waals surface area contributed by atoms with Gasteiger partial charge in [0.2, 0.25) is 5.88 Å². The largest absolute Gasteiger partial charge is 0.477 e. The van der Waals surface area contributed by atoms with Gasteiger partial charge in [0.25, 0.3) is 0 Å². The van der Waals surface area contributed by atoms with Gasteiger partial charge in [0, 0.05) is 6.20 Å². The highest BCUT2D eigenvalue weighted by Crippen LogP contribution is 2.24. The second-order valence-electron chi connectivity index (χ2n) is 4.49. The molecule has 0 aliphatic carbocycles. The van der Waals surface area contributed by atoms with Crippen LogP contribution in [-0.2, 0) is 0 Å². The number of nitrogens with zero attached hydrogens (tertiary/aromatic N) is 1. The number of carboxylic acid groups (broad SMARTS) is 1. The molecule has 4 heteroatoms. The van der Waals surface area contributed by atoms with Crippen molar-refractivity contribution in [2.45, 2.75) is 19.8 Å². The van der Waals surface area contributed by atoms with Crippen LogP contribution in [0.4, 0.5) is 0 Å². The van der Waals surface area contributed by atoms with Crippen LogP contribution in [0.15, 0.2) is 42.6 Å². The summed E-state index contributed by atoms with van der Waals surface area (Å²) < 4.78 is 5.51. The monoisotopic (exact) mass is 257 g/mol. The number of hydrogen-bond acceptors (Lipinski definition) is 3. The van der Waals surface area contributed by atoms with Gasteiger partial charge in [-0.15, -0.1) is 0 Å². The van der Waals surface area contributed by atoms with E-state index in [9.17, 15) is 4.79 Å². The van der Waals surface area contributed by atoms with E-state index in [0.29, 0.717) is 11.7 Å². The number of carbonyl (C=O) groups is 1. The molecule has 2 rings (SSSR count). The predicted octanol–water partition coefficient (Wildman–Crippen LogP) is 3.70. The molecule has 0 amide bonds. The highest BCUT2D eigenvalue weighted by atomic mass is 16.5. The van der Waals surface area contributed by atoms with E-state index in [4.69, 9.17) is 9.84 Å². The zero-order valence-corrected chi connectivity index (χ0v) is 10.8. The average Bonchev–Trinajstić information content (AvgIpc) is 2.39. The van der Waals surface area contributed by atoms with E-state index < -0.39 is 5.97 Å². The lowest BCUT2D eigenvalue weighted by Crippen LogP contribution is -2.01. The molecule has 1 aromatic carbocycles. The van der Waals surface area contributed by atoms with Crippen molar-refractivity contribution in [3.05, 3.63) is 53.7 Å². The SMILES string of the molecule is CC(C)c1ccc(Oc2ncccc2C(=O)O)cc1. The standard InChI is InChI=1S/C15H15NO3/c1-10(2)11-5-7-12(8-6-11)19-14-13(15(17)18)4-3-9-16-14/h3-10H,1-2H3,(H,17,18). The lowest BCUT2D eigenvalue weighted by molar-refractivity contribution is 0.0693. The van der Waals surface area contributed by atoms with Gasteiger partial charge in [0.15, 0.2) is 0 Å². The third kappa shape index (κ3) is 3.10. The number of benzene rings is 1. The maximum atomic E-state index is 11.0. The van der Waals surface area contributed by atoms with E-state index >= 15 is 0 Å². The van der Waals surface area contributed by atoms with Crippen molar-refractivity contribution in [1.29, 1.82) is 0 Å². The summed E-state index contributed by atoms with van der Waals surface area (Å²) in [6, 6.07) is 10.6. The van der Waals surface area contributed by atoms with E-state index in [-0.39, 0.29) is 11.4 Å². The van der Waals surface area contributed by atoms with Crippen LogP contribution in [-0.4, -0.2) is 16.1 Å². The van der Waals surface area contributed by atoms with Crippen molar-refractivity contribution < 1.29 is 14.6 Å². The van der Waals surface area contributed by atoms with Crippen LogP contribution in [0.2, 0.25) is 0 Å². The van der Waals surface area contributed by atoms with Gasteiger partial charge in [-0.3, -0.25) is 0 Å². The average molecular weight is 257 g/mol. The summed E-state index contributed by atoms with van der Waals surface area (Å²) in [6.07, 6.45) is 1.50. The highest BCUT2D eigenvalue weighted by molar-refractivity contribution is 5.90. The van der Waals surface area contributed by atoms with E-state index in [0.717, 1.165) is 0 Å². The molecular formula is C15H15NO3. The van der Waals surface area contributed by atoms with Gasteiger partial charge in [-0.05, 0) is 35.7 Å². The zero-order valence-electron chi connectivity index (χ0n) is 10.8. The van der Waals surface area contributed by atoms with Gasteiger partial charge >= 0.3 is 5.97 Å². The van der Waals surface area contributed by atoms with Gasteiger partial charge in [0.1, 0.15) is 11.3 Å². The van der Waals surface area contributed by atoms with Crippen LogP contribution in [0.5, 0.6) is 11.6 Å². The third-order valence-corrected chi connectivity index (χ3v) is 2.76. The Morgan fingerprint density at radius 1 is 1.21 bits per heavy atom. The second-order valence-corrected chi connectivity index (χ2v) is 4.49. The molecular weight excluding hydrogens is 242 g/mol. The molecule has 0 fully saturated rings. The molecule has 98 valence electrons. The van der Waals surface area contributed by atoms with Gasteiger partial charge in [-0.2, -0.15) is 0 Å². The molecule has 0 saturated heterocycles. The molecule has 0 radical (unpaired) electrons. The second kappa shape index (κ2) is 5.52. The summed E-state index contributed by atoms with van der Waals surface area (Å²) in [6.45, 7) is 4.22. The van der Waals surface area contributed by atoms with E-state index in [1.54, 1.807) is 6.07 Å². The Kier molecular flexibility index (Phi) is 3.80. The smallest absolute Gasteiger partial charge is 0.341 e. The molecule has 4 nitrogen and oxygen atoms in total. The summed E-state index contributed by atoms with van der Waals surface area (Å²) in [7, 11) is 0. The first kappa shape index (κ1) is 13.1. The molecule has 1 N–H and O–H groups in total. The van der Waals surface area contributed by atoms with Crippen molar-refractivity contribution in [2.24, 2.45) is 0 Å². The minimum absolute atomic E-state index is 0.0513. The summed E-state index contributed by atoms with van der Waals surface area (Å²) in [4.78, 5) is 15.0. The first-order valence-electron chi connectivity index (χ1n) is 6.04. The molecule has 1 aromatic heterocycles. The molecule has 0 spiro atoms. The Morgan fingerprint density at radius 2 is 1.89 bits per heavy atom. The van der Waals surface area contributed by atoms with Crippen molar-refractivity contribution in [3.8, 4) is 11.6 Å². The lowest BCUT2D eigenvalue weighted by atomic mass is 10.0. The molecule has 1 heterocycles. The van der Waals surface area contributed by atoms with Crippen LogP contribution in [0.3, 0.4) is 0 Å². The minimum atomic E-state index is -1.05. The van der Waals surface area contributed by atoms with Crippen molar-refractivity contribution in [3.63, 3.8) is 0 Å². The molecule has 0 aliphatic heterocycles. The van der Waals surface area contributed by atoms with Gasteiger partial charge in [-0.25, -0.2) is 9.78 Å². The molecule has 0 atom stereocenters. The van der Waals surface area contributed by atoms with Crippen molar-refractivity contribution in [2.75, 3.05) is 0 Å². The summed E-state index contributed by atoms with van der Waals surface area (Å²) >= 11 is 0. The fraction of sp³-hybridized carbons (Fsp3) is 0.200. The normalized spacial score (nSPS) is 10.5. The Morgan fingerprint density at radius 3 is 2.47 bits per heavy atom. The molecule has 0 saturated carbocycles. The topological polar surface area (TPSA) is 59.4 Å². The fourth-order valence-corrected chi connectivity index (χ4v) is 1.67. The molecule has 19 heavy (non-hydrogen) atoms. The van der Waals surface area contributed by atoms with Gasteiger partial charge in [0.05, 0.1) is 0 Å². The van der Waals surface area contributed by atoms with Crippen molar-refractivity contribution in [1.82, 2.24) is 4.98 Å². The Hall–Kier alpha value is -2.36. The number of carboxylic acids is 1. The minimum Gasteiger partial charge on any atom is -0.477 e. The number of aromatic carboxylic acids is 1. The quantitative estimate of drug-likeness (QED) is 0.907. The van der Waals surface area contributed by atoms with Crippen molar-refractivity contribution >= 4 is 5.97 Å². The van der Waals surface area contributed by atoms with E-state index in [1.807, 2.05) is 24.3 Å². The summed E-state index contributed by atoms with van der Waals surface area (Å²) in [5.41, 5.74) is 1.25. The van der Waals surface area contributed by atoms with Crippen LogP contribution < -0.4 is 4.74 Å². The highest BCUT2D eigenvalue weighted by Gasteiger charge is 2.12. The molecule has 0 aliphatic rings. The number of pyridine rings is 1. The van der Waals surface area contributed by atoms with E-state index in [2.05, 4.69) is 18.8 Å². The Bertz CT molecular complexity index is 576. The van der Waals surface area contributed by atoms with Gasteiger partial charge in [-0.1, -0.05) is 26.0 Å². The Labute approximate surface area is 111 Å². The molecule has 0 bridgehead atoms. The third-order valence-electron chi connectivity index (χ3n) is 2.76. The summed E-state index contributed by atoms with van der Waals surface area (Å²) in [5, 5.41) is 9.04. The van der Waals surface area contributed by atoms with Crippen LogP contribution in [0.25, 0.3) is 0 Å². The van der Waals surface area contributed by atoms with Crippen LogP contribution in [0, 0.1) is 0 Å². The maximum absolute atomic E-state index is 11.0. The van der Waals surface area contributed by atoms with Gasteiger partial charge < -0.3 is 9.84 Å². The summed E-state index contributed by atoms with van der Waals surface area (Å²) in [5.74, 6) is 0.0679. The first-order chi connectivity index (χ1) is 9.08. The molecule has 0 unspecified atom stereocenters. The number of hydrogen-bond donors (Lipinski definition) is 1. The number of rotatable bonds is 4. The number of ether oxygens (including phenoxy) is 1. The lowest BCUT2D eigenvalue weighted by Gasteiger charge is -2.09. The zero-order chi connectivity index (χ0) is 13.8. The van der Waals surface area contributed by atoms with Crippen LogP contribution >= 0.6 is 0 Å². The fourth-order valence-electron chi connectivity index (χ4n) is 1.67. The first-order valence-corrected chi connectivity index (χ1v) is 6.04. The maximum Gasteiger partial charge on any atom is 0.341 e. The van der Waals surface area contributed by atoms with E-state index in [1.165, 1.54) is 17.8 Å². The van der Waals surface area contributed by atoms with Crippen LogP contribution in [0.1, 0.15) is 35.7 Å². The predicted molar refractivity (Wildman–Crippen MR) is 71.8 cm³/mol. The number of aromatic nitrogens is 1. The molecule has 2 aromatic rings. The Balaban J connectivity index is 2.24.